The number of anilines is 1. The number of aryl methyl sites for hydroxylation is 1. The van der Waals surface area contributed by atoms with E-state index >= 15 is 0 Å². The molecule has 1 heterocycles. The van der Waals surface area contributed by atoms with Crippen molar-refractivity contribution in [3.63, 3.8) is 0 Å². The maximum atomic E-state index is 12.3. The highest BCUT2D eigenvalue weighted by molar-refractivity contribution is 8.00. The van der Waals surface area contributed by atoms with Crippen LogP contribution >= 0.6 is 23.4 Å². The van der Waals surface area contributed by atoms with Gasteiger partial charge in [0, 0.05) is 15.6 Å². The highest BCUT2D eigenvalue weighted by Gasteiger charge is 2.18. The Balaban J connectivity index is 2.03. The number of hydrogen-bond donors (Lipinski definition) is 1. The fourth-order valence-electron chi connectivity index (χ4n) is 1.82. The van der Waals surface area contributed by atoms with Gasteiger partial charge in [-0.2, -0.15) is 0 Å². The third kappa shape index (κ3) is 4.76. The van der Waals surface area contributed by atoms with E-state index in [0.29, 0.717) is 10.8 Å². The van der Waals surface area contributed by atoms with Gasteiger partial charge in [-0.3, -0.25) is 4.79 Å². The summed E-state index contributed by atoms with van der Waals surface area (Å²) in [6, 6.07) is 13.1. The summed E-state index contributed by atoms with van der Waals surface area (Å²) in [4.78, 5) is 17.6. The van der Waals surface area contributed by atoms with Crippen LogP contribution in [0, 0.1) is 6.92 Å². The van der Waals surface area contributed by atoms with Gasteiger partial charge < -0.3 is 5.32 Å². The second-order valence-corrected chi connectivity index (χ2v) is 6.33. The van der Waals surface area contributed by atoms with Crippen LogP contribution in [0.5, 0.6) is 0 Å². The number of nitrogens with one attached hydrogen (secondary N) is 1. The predicted molar refractivity (Wildman–Crippen MR) is 89.0 cm³/mol. The molecular weight excluding hydrogens is 304 g/mol. The molecule has 5 heteroatoms. The molecule has 0 aliphatic heterocycles. The van der Waals surface area contributed by atoms with Crippen molar-refractivity contribution in [3.8, 4) is 0 Å². The highest BCUT2D eigenvalue weighted by Crippen LogP contribution is 2.27. The molecule has 3 nitrogen and oxygen atoms in total. The minimum Gasteiger partial charge on any atom is -0.310 e. The number of hydrogen-bond acceptors (Lipinski definition) is 3. The van der Waals surface area contributed by atoms with Crippen molar-refractivity contribution in [1.29, 1.82) is 0 Å². The summed E-state index contributed by atoms with van der Waals surface area (Å²) in [6.07, 6.45) is 0.741. The zero-order valence-electron chi connectivity index (χ0n) is 12.0. The maximum Gasteiger partial charge on any atom is 0.239 e. The fraction of sp³-hybridized carbons (Fsp3) is 0.250. The Morgan fingerprint density at radius 1 is 1.29 bits per heavy atom. The van der Waals surface area contributed by atoms with Crippen molar-refractivity contribution in [2.24, 2.45) is 0 Å². The molecule has 1 aromatic carbocycles. The summed E-state index contributed by atoms with van der Waals surface area (Å²) >= 11 is 7.40. The van der Waals surface area contributed by atoms with E-state index in [9.17, 15) is 4.79 Å². The Morgan fingerprint density at radius 2 is 2.00 bits per heavy atom. The lowest BCUT2D eigenvalue weighted by Gasteiger charge is -2.14. The molecule has 2 aromatic rings. The van der Waals surface area contributed by atoms with E-state index in [1.165, 1.54) is 11.8 Å². The summed E-state index contributed by atoms with van der Waals surface area (Å²) in [6.45, 7) is 3.90. The molecule has 1 atom stereocenters. The molecule has 21 heavy (non-hydrogen) atoms. The topological polar surface area (TPSA) is 42.0 Å². The third-order valence-electron chi connectivity index (χ3n) is 2.89. The van der Waals surface area contributed by atoms with Crippen LogP contribution in [-0.2, 0) is 4.79 Å². The molecule has 0 aliphatic carbocycles. The molecule has 0 bridgehead atoms. The number of aromatic nitrogens is 1. The van der Waals surface area contributed by atoms with Gasteiger partial charge in [0.25, 0.3) is 0 Å². The number of halogens is 1. The van der Waals surface area contributed by atoms with Gasteiger partial charge in [-0.15, -0.1) is 11.8 Å². The van der Waals surface area contributed by atoms with Crippen LogP contribution in [-0.4, -0.2) is 16.1 Å². The molecule has 2 rings (SSSR count). The van der Waals surface area contributed by atoms with E-state index in [1.54, 1.807) is 6.07 Å². The second kappa shape index (κ2) is 7.48. The van der Waals surface area contributed by atoms with Crippen LogP contribution in [0.2, 0.25) is 5.02 Å². The number of pyridine rings is 1. The molecule has 1 amide bonds. The summed E-state index contributed by atoms with van der Waals surface area (Å²) in [5, 5.41) is 3.40. The van der Waals surface area contributed by atoms with Crippen LogP contribution < -0.4 is 5.32 Å². The van der Waals surface area contributed by atoms with Crippen LogP contribution in [0.4, 0.5) is 5.82 Å². The van der Waals surface area contributed by atoms with Crippen LogP contribution in [0.1, 0.15) is 19.0 Å². The lowest BCUT2D eigenvalue weighted by molar-refractivity contribution is -0.115. The Bertz CT molecular complexity index is 616. The Kier molecular flexibility index (Phi) is 5.65. The zero-order chi connectivity index (χ0) is 15.2. The first-order valence-electron chi connectivity index (χ1n) is 6.75. The first-order chi connectivity index (χ1) is 10.1. The van der Waals surface area contributed by atoms with Crippen molar-refractivity contribution in [1.82, 2.24) is 4.98 Å². The van der Waals surface area contributed by atoms with Gasteiger partial charge in [0.15, 0.2) is 0 Å². The van der Waals surface area contributed by atoms with E-state index in [-0.39, 0.29) is 11.2 Å². The van der Waals surface area contributed by atoms with E-state index in [4.69, 9.17) is 11.6 Å². The molecule has 110 valence electrons. The lowest BCUT2D eigenvalue weighted by Crippen LogP contribution is -2.25. The molecule has 1 aromatic heterocycles. The third-order valence-corrected chi connectivity index (χ3v) is 4.52. The van der Waals surface area contributed by atoms with Gasteiger partial charge in [-0.1, -0.05) is 24.6 Å². The van der Waals surface area contributed by atoms with Gasteiger partial charge in [-0.25, -0.2) is 4.98 Å². The van der Waals surface area contributed by atoms with Crippen molar-refractivity contribution in [2.45, 2.75) is 30.4 Å². The van der Waals surface area contributed by atoms with Crippen LogP contribution in [0.3, 0.4) is 0 Å². The van der Waals surface area contributed by atoms with Gasteiger partial charge in [-0.05, 0) is 49.7 Å². The number of rotatable bonds is 5. The Morgan fingerprint density at radius 3 is 2.62 bits per heavy atom. The number of carbonyl (C=O) groups is 1. The molecule has 0 radical (unpaired) electrons. The minimum absolute atomic E-state index is 0.0319. The molecule has 1 unspecified atom stereocenters. The van der Waals surface area contributed by atoms with Crippen molar-refractivity contribution < 1.29 is 4.79 Å². The summed E-state index contributed by atoms with van der Waals surface area (Å²) in [5.74, 6) is 0.561. The number of carbonyl (C=O) groups excluding carboxylic acids is 1. The fourth-order valence-corrected chi connectivity index (χ4v) is 2.90. The number of nitrogens with zero attached hydrogens (tertiary/aromatic N) is 1. The average Bonchev–Trinajstić information content (AvgIpc) is 2.46. The summed E-state index contributed by atoms with van der Waals surface area (Å²) in [5.41, 5.74) is 0.881. The summed E-state index contributed by atoms with van der Waals surface area (Å²) < 4.78 is 0. The van der Waals surface area contributed by atoms with E-state index in [1.807, 2.05) is 50.2 Å². The molecule has 0 saturated carbocycles. The number of benzene rings is 1. The van der Waals surface area contributed by atoms with Crippen molar-refractivity contribution in [2.75, 3.05) is 5.32 Å². The lowest BCUT2D eigenvalue weighted by atomic mass is 10.3. The van der Waals surface area contributed by atoms with Crippen molar-refractivity contribution in [3.05, 3.63) is 53.2 Å². The van der Waals surface area contributed by atoms with E-state index in [0.717, 1.165) is 17.0 Å². The smallest absolute Gasteiger partial charge is 0.239 e. The molecular formula is C16H17ClN2OS. The largest absolute Gasteiger partial charge is 0.310 e. The monoisotopic (exact) mass is 320 g/mol. The molecule has 0 saturated heterocycles. The zero-order valence-corrected chi connectivity index (χ0v) is 13.5. The standard InChI is InChI=1S/C16H17ClN2OS/c1-3-14(21-13-9-7-12(17)8-10-13)16(20)19-15-6-4-5-11(2)18-15/h4-10,14H,3H2,1-2H3,(H,18,19,20). The Hall–Kier alpha value is -1.52. The number of thioether (sulfide) groups is 1. The highest BCUT2D eigenvalue weighted by atomic mass is 35.5. The molecule has 0 fully saturated rings. The van der Waals surface area contributed by atoms with Gasteiger partial charge in [0.05, 0.1) is 5.25 Å². The van der Waals surface area contributed by atoms with Gasteiger partial charge >= 0.3 is 0 Å². The first-order valence-corrected chi connectivity index (χ1v) is 8.01. The SMILES string of the molecule is CCC(Sc1ccc(Cl)cc1)C(=O)Nc1cccc(C)n1. The van der Waals surface area contributed by atoms with E-state index in [2.05, 4.69) is 10.3 Å². The van der Waals surface area contributed by atoms with Gasteiger partial charge in [0.1, 0.15) is 5.82 Å². The first kappa shape index (κ1) is 15.9. The normalized spacial score (nSPS) is 12.0. The van der Waals surface area contributed by atoms with Crippen LogP contribution in [0.15, 0.2) is 47.4 Å². The van der Waals surface area contributed by atoms with E-state index < -0.39 is 0 Å². The average molecular weight is 321 g/mol. The molecule has 0 spiro atoms. The van der Waals surface area contributed by atoms with Crippen LogP contribution in [0.25, 0.3) is 0 Å². The van der Waals surface area contributed by atoms with Gasteiger partial charge in [0.2, 0.25) is 5.91 Å². The maximum absolute atomic E-state index is 12.3. The second-order valence-electron chi connectivity index (χ2n) is 4.62. The number of amides is 1. The quantitative estimate of drug-likeness (QED) is 0.822. The van der Waals surface area contributed by atoms with Crippen molar-refractivity contribution >= 4 is 35.1 Å². The Labute approximate surface area is 134 Å². The minimum atomic E-state index is -0.159. The summed E-state index contributed by atoms with van der Waals surface area (Å²) in [7, 11) is 0. The predicted octanol–water partition coefficient (Wildman–Crippen LogP) is 4.55. The molecule has 0 aliphatic rings. The molecule has 1 N–H and O–H groups in total.